The minimum Gasteiger partial charge on any atom is -0.376 e. The van der Waals surface area contributed by atoms with Crippen LogP contribution in [0.1, 0.15) is 12.8 Å². The van der Waals surface area contributed by atoms with Gasteiger partial charge >= 0.3 is 0 Å². The van der Waals surface area contributed by atoms with Gasteiger partial charge in [-0.25, -0.2) is 0 Å². The second-order valence-electron chi connectivity index (χ2n) is 3.00. The van der Waals surface area contributed by atoms with Gasteiger partial charge in [0.05, 0.1) is 0 Å². The minimum atomic E-state index is 0.397. The number of nitrogens with zero attached hydrogens (tertiary/aromatic N) is 1. The van der Waals surface area contributed by atoms with Crippen molar-refractivity contribution in [1.82, 2.24) is 10.2 Å². The average Bonchev–Trinajstić information content (AvgIpc) is 2.66. The van der Waals surface area contributed by atoms with E-state index >= 15 is 0 Å². The monoisotopic (exact) mass is 173 g/mol. The van der Waals surface area contributed by atoms with E-state index in [-0.39, 0.29) is 0 Å². The summed E-state index contributed by atoms with van der Waals surface area (Å²) in [4.78, 5) is 2.34. The van der Waals surface area contributed by atoms with Crippen LogP contribution in [0.5, 0.6) is 0 Å². The summed E-state index contributed by atoms with van der Waals surface area (Å²) in [5.74, 6) is 0. The smallest absolute Gasteiger partial charge is 0.163 e. The number of nitrogens with two attached hydrogens (primary N) is 1. The predicted molar refractivity (Wildman–Crippen MR) is 50.4 cm³/mol. The van der Waals surface area contributed by atoms with Crippen LogP contribution in [0.3, 0.4) is 0 Å². The second-order valence-corrected chi connectivity index (χ2v) is 3.44. The van der Waals surface area contributed by atoms with Crippen molar-refractivity contribution in [3.8, 4) is 0 Å². The van der Waals surface area contributed by atoms with Crippen LogP contribution in [0.2, 0.25) is 0 Å². The molecule has 4 heteroatoms. The Morgan fingerprint density at radius 2 is 2.36 bits per heavy atom. The van der Waals surface area contributed by atoms with Gasteiger partial charge in [0.15, 0.2) is 5.11 Å². The average molecular weight is 173 g/mol. The highest BCUT2D eigenvalue weighted by Gasteiger charge is 2.25. The van der Waals surface area contributed by atoms with Crippen molar-refractivity contribution in [1.29, 1.82) is 0 Å². The number of hydrogen-bond acceptors (Lipinski definition) is 2. The molecular formula is C7H15N3S. The minimum absolute atomic E-state index is 0.397. The largest absolute Gasteiger partial charge is 0.376 e. The SMILES string of the molecule is CN(CCNC(N)=S)C1CC1. The zero-order valence-corrected chi connectivity index (χ0v) is 7.66. The number of rotatable bonds is 4. The first-order valence-electron chi connectivity index (χ1n) is 3.93. The van der Waals surface area contributed by atoms with Crippen LogP contribution in [0.15, 0.2) is 0 Å². The molecule has 1 aliphatic rings. The van der Waals surface area contributed by atoms with Crippen LogP contribution >= 0.6 is 12.2 Å². The van der Waals surface area contributed by atoms with Gasteiger partial charge in [0.25, 0.3) is 0 Å². The van der Waals surface area contributed by atoms with Crippen molar-refractivity contribution in [2.45, 2.75) is 18.9 Å². The lowest BCUT2D eigenvalue weighted by atomic mass is 10.5. The van der Waals surface area contributed by atoms with Crippen LogP contribution in [0, 0.1) is 0 Å². The molecule has 11 heavy (non-hydrogen) atoms. The van der Waals surface area contributed by atoms with E-state index in [1.165, 1.54) is 12.8 Å². The first kappa shape index (κ1) is 8.74. The Kier molecular flexibility index (Phi) is 3.08. The molecule has 0 aromatic rings. The summed E-state index contributed by atoms with van der Waals surface area (Å²) in [5.41, 5.74) is 5.27. The Balaban J connectivity index is 1.97. The van der Waals surface area contributed by atoms with Crippen molar-refractivity contribution in [2.24, 2.45) is 5.73 Å². The van der Waals surface area contributed by atoms with E-state index in [9.17, 15) is 0 Å². The zero-order chi connectivity index (χ0) is 8.27. The fourth-order valence-corrected chi connectivity index (χ4v) is 1.16. The molecule has 0 aliphatic heterocycles. The summed E-state index contributed by atoms with van der Waals surface area (Å²) < 4.78 is 0. The zero-order valence-electron chi connectivity index (χ0n) is 6.84. The third-order valence-corrected chi connectivity index (χ3v) is 2.08. The van der Waals surface area contributed by atoms with Crippen LogP contribution in [-0.4, -0.2) is 36.2 Å². The Morgan fingerprint density at radius 1 is 1.73 bits per heavy atom. The van der Waals surface area contributed by atoms with Crippen molar-refractivity contribution in [2.75, 3.05) is 20.1 Å². The molecule has 3 nitrogen and oxygen atoms in total. The van der Waals surface area contributed by atoms with Crippen LogP contribution < -0.4 is 11.1 Å². The molecule has 0 spiro atoms. The van der Waals surface area contributed by atoms with E-state index in [1.807, 2.05) is 0 Å². The lowest BCUT2D eigenvalue weighted by Crippen LogP contribution is -2.36. The van der Waals surface area contributed by atoms with Crippen molar-refractivity contribution >= 4 is 17.3 Å². The second kappa shape index (κ2) is 3.88. The van der Waals surface area contributed by atoms with Crippen LogP contribution in [0.25, 0.3) is 0 Å². The first-order chi connectivity index (χ1) is 5.20. The van der Waals surface area contributed by atoms with Gasteiger partial charge in [0, 0.05) is 19.1 Å². The molecule has 1 fully saturated rings. The molecule has 0 aromatic carbocycles. The Bertz CT molecular complexity index is 145. The molecular weight excluding hydrogens is 158 g/mol. The molecule has 1 saturated carbocycles. The highest BCUT2D eigenvalue weighted by atomic mass is 32.1. The van der Waals surface area contributed by atoms with Gasteiger partial charge in [-0.05, 0) is 32.1 Å². The third-order valence-electron chi connectivity index (χ3n) is 1.93. The molecule has 0 bridgehead atoms. The summed E-state index contributed by atoms with van der Waals surface area (Å²) in [6.07, 6.45) is 2.70. The Morgan fingerprint density at radius 3 is 2.82 bits per heavy atom. The third kappa shape index (κ3) is 3.53. The number of likely N-dealkylation sites (N-methyl/N-ethyl adjacent to an activating group) is 1. The molecule has 0 atom stereocenters. The van der Waals surface area contributed by atoms with E-state index in [1.54, 1.807) is 0 Å². The van der Waals surface area contributed by atoms with Gasteiger partial charge in [-0.2, -0.15) is 0 Å². The first-order valence-corrected chi connectivity index (χ1v) is 4.34. The fraction of sp³-hybridized carbons (Fsp3) is 0.857. The number of hydrogen-bond donors (Lipinski definition) is 2. The van der Waals surface area contributed by atoms with E-state index in [0.29, 0.717) is 5.11 Å². The maximum Gasteiger partial charge on any atom is 0.163 e. The molecule has 3 N–H and O–H groups in total. The van der Waals surface area contributed by atoms with Gasteiger partial charge in [-0.1, -0.05) is 0 Å². The fourth-order valence-electron chi connectivity index (χ4n) is 1.05. The van der Waals surface area contributed by atoms with Gasteiger partial charge in [0.1, 0.15) is 0 Å². The summed E-state index contributed by atoms with van der Waals surface area (Å²) in [5, 5.41) is 3.32. The van der Waals surface area contributed by atoms with E-state index in [4.69, 9.17) is 5.73 Å². The topological polar surface area (TPSA) is 41.3 Å². The summed E-state index contributed by atoms with van der Waals surface area (Å²) in [7, 11) is 2.14. The molecule has 0 aromatic heterocycles. The molecule has 0 unspecified atom stereocenters. The van der Waals surface area contributed by atoms with Gasteiger partial charge in [-0.15, -0.1) is 0 Å². The number of nitrogens with one attached hydrogen (secondary N) is 1. The molecule has 1 aliphatic carbocycles. The Hall–Kier alpha value is -0.350. The van der Waals surface area contributed by atoms with Gasteiger partial charge in [0.2, 0.25) is 0 Å². The highest BCUT2D eigenvalue weighted by Crippen LogP contribution is 2.24. The molecule has 64 valence electrons. The predicted octanol–water partition coefficient (Wildman–Crippen LogP) is -0.0862. The molecule has 0 saturated heterocycles. The maximum atomic E-state index is 5.27. The lowest BCUT2D eigenvalue weighted by molar-refractivity contribution is 0.329. The van der Waals surface area contributed by atoms with E-state index in [2.05, 4.69) is 29.5 Å². The van der Waals surface area contributed by atoms with Crippen molar-refractivity contribution < 1.29 is 0 Å². The molecule has 1 rings (SSSR count). The maximum absolute atomic E-state index is 5.27. The standard InChI is InChI=1S/C7H15N3S/c1-10(6-2-3-6)5-4-9-7(8)11/h6H,2-5H2,1H3,(H3,8,9,11). The molecule has 0 heterocycles. The summed E-state index contributed by atoms with van der Waals surface area (Å²) >= 11 is 4.68. The van der Waals surface area contributed by atoms with E-state index in [0.717, 1.165) is 19.1 Å². The normalized spacial score (nSPS) is 16.9. The van der Waals surface area contributed by atoms with Crippen LogP contribution in [0.4, 0.5) is 0 Å². The van der Waals surface area contributed by atoms with Crippen molar-refractivity contribution in [3.63, 3.8) is 0 Å². The van der Waals surface area contributed by atoms with Gasteiger partial charge in [-0.3, -0.25) is 0 Å². The van der Waals surface area contributed by atoms with Gasteiger partial charge < -0.3 is 16.0 Å². The lowest BCUT2D eigenvalue weighted by Gasteiger charge is -2.15. The van der Waals surface area contributed by atoms with E-state index < -0.39 is 0 Å². The van der Waals surface area contributed by atoms with Crippen molar-refractivity contribution in [3.05, 3.63) is 0 Å². The Labute approximate surface area is 72.9 Å². The highest BCUT2D eigenvalue weighted by molar-refractivity contribution is 7.80. The number of thiocarbonyl (C=S) groups is 1. The quantitative estimate of drug-likeness (QED) is 0.583. The summed E-state index contributed by atoms with van der Waals surface area (Å²) in [6, 6.07) is 0.822. The van der Waals surface area contributed by atoms with Crippen LogP contribution in [-0.2, 0) is 0 Å². The molecule has 0 radical (unpaired) electrons. The summed E-state index contributed by atoms with van der Waals surface area (Å²) in [6.45, 7) is 1.89. The molecule has 0 amide bonds.